The minimum atomic E-state index is -1.42. The van der Waals surface area contributed by atoms with E-state index in [1.54, 1.807) is 42.5 Å². The molecule has 6 rings (SSSR count). The van der Waals surface area contributed by atoms with Crippen molar-refractivity contribution < 1.29 is 19.1 Å². The Kier molecular flexibility index (Phi) is 4.92. The van der Waals surface area contributed by atoms with Gasteiger partial charge in [0.15, 0.2) is 5.54 Å². The average molecular weight is 479 g/mol. The highest BCUT2D eigenvalue weighted by Crippen LogP contribution is 2.33. The number of aromatic nitrogens is 2. The maximum atomic E-state index is 13.2. The molecular weight excluding hydrogens is 458 g/mol. The molecule has 178 valence electrons. The Morgan fingerprint density at radius 3 is 2.50 bits per heavy atom. The van der Waals surface area contributed by atoms with Crippen LogP contribution in [0.5, 0.6) is 5.75 Å². The fourth-order valence-corrected chi connectivity index (χ4v) is 4.80. The first-order chi connectivity index (χ1) is 17.5. The second-order valence-corrected chi connectivity index (χ2v) is 8.82. The second kappa shape index (κ2) is 8.16. The van der Waals surface area contributed by atoms with Crippen LogP contribution in [0.3, 0.4) is 0 Å². The third kappa shape index (κ3) is 3.44. The Balaban J connectivity index is 1.33. The molecule has 1 fully saturated rings. The topological polar surface area (TPSA) is 114 Å². The van der Waals surface area contributed by atoms with Crippen LogP contribution in [-0.2, 0) is 16.9 Å². The zero-order valence-corrected chi connectivity index (χ0v) is 19.3. The molecule has 0 radical (unpaired) electrons. The summed E-state index contributed by atoms with van der Waals surface area (Å²) in [5, 5.41) is 5.10. The van der Waals surface area contributed by atoms with Gasteiger partial charge in [-0.3, -0.25) is 19.9 Å². The van der Waals surface area contributed by atoms with Gasteiger partial charge in [0.1, 0.15) is 5.75 Å². The molecule has 2 aliphatic rings. The summed E-state index contributed by atoms with van der Waals surface area (Å²) in [6, 6.07) is 19.5. The van der Waals surface area contributed by atoms with Crippen molar-refractivity contribution in [1.29, 1.82) is 0 Å². The van der Waals surface area contributed by atoms with Crippen LogP contribution in [0.2, 0.25) is 0 Å². The number of nitrogens with zero attached hydrogens (tertiary/aromatic N) is 3. The molecule has 0 unspecified atom stereocenters. The molecule has 3 heterocycles. The first-order valence-corrected chi connectivity index (χ1v) is 11.4. The molecule has 1 saturated heterocycles. The largest absolute Gasteiger partial charge is 0.497 e. The summed E-state index contributed by atoms with van der Waals surface area (Å²) < 4.78 is 5.25. The first-order valence-electron chi connectivity index (χ1n) is 11.4. The monoisotopic (exact) mass is 479 g/mol. The van der Waals surface area contributed by atoms with E-state index in [0.717, 1.165) is 22.2 Å². The molecule has 4 aromatic rings. The van der Waals surface area contributed by atoms with E-state index in [1.807, 2.05) is 42.5 Å². The number of nitrogens with one attached hydrogen (secondary N) is 2. The highest BCUT2D eigenvalue weighted by molar-refractivity contribution is 6.08. The van der Waals surface area contributed by atoms with Crippen molar-refractivity contribution in [3.8, 4) is 17.0 Å². The highest BCUT2D eigenvalue weighted by Gasteiger charge is 2.50. The minimum Gasteiger partial charge on any atom is -0.497 e. The summed E-state index contributed by atoms with van der Waals surface area (Å²) in [7, 11) is 1.54. The Bertz CT molecular complexity index is 1550. The molecule has 9 nitrogen and oxygen atoms in total. The molecular formula is C27H21N5O4. The van der Waals surface area contributed by atoms with Gasteiger partial charge in [0.05, 0.1) is 36.6 Å². The van der Waals surface area contributed by atoms with Crippen LogP contribution in [0.25, 0.3) is 22.3 Å². The molecule has 9 heteroatoms. The summed E-state index contributed by atoms with van der Waals surface area (Å²) in [5.74, 6) is -0.148. The predicted molar refractivity (Wildman–Crippen MR) is 131 cm³/mol. The molecule has 1 aromatic heterocycles. The van der Waals surface area contributed by atoms with Gasteiger partial charge >= 0.3 is 6.03 Å². The number of carbonyl (C=O) groups is 3. The van der Waals surface area contributed by atoms with Gasteiger partial charge < -0.3 is 15.0 Å². The van der Waals surface area contributed by atoms with E-state index < -0.39 is 17.5 Å². The lowest BCUT2D eigenvalue weighted by atomic mass is 9.88. The number of benzene rings is 3. The Hall–Kier alpha value is -4.79. The van der Waals surface area contributed by atoms with Gasteiger partial charge in [-0.2, -0.15) is 0 Å². The smallest absolute Gasteiger partial charge is 0.322 e. The first kappa shape index (κ1) is 21.7. The van der Waals surface area contributed by atoms with Gasteiger partial charge in [-0.05, 0) is 35.4 Å². The zero-order valence-electron chi connectivity index (χ0n) is 19.3. The van der Waals surface area contributed by atoms with Crippen molar-refractivity contribution in [2.45, 2.75) is 12.1 Å². The number of hydrogen-bond acceptors (Lipinski definition) is 6. The number of imide groups is 1. The van der Waals surface area contributed by atoms with Gasteiger partial charge in [0, 0.05) is 17.7 Å². The van der Waals surface area contributed by atoms with Crippen LogP contribution < -0.4 is 15.4 Å². The van der Waals surface area contributed by atoms with Crippen molar-refractivity contribution in [1.82, 2.24) is 25.5 Å². The lowest BCUT2D eigenvalue weighted by Gasteiger charge is -2.31. The number of para-hydroxylation sites is 2. The van der Waals surface area contributed by atoms with E-state index in [0.29, 0.717) is 29.1 Å². The van der Waals surface area contributed by atoms with Crippen LogP contribution in [-0.4, -0.2) is 46.4 Å². The Morgan fingerprint density at radius 2 is 1.78 bits per heavy atom. The summed E-state index contributed by atoms with van der Waals surface area (Å²) >= 11 is 0. The predicted octanol–water partition coefficient (Wildman–Crippen LogP) is 3.00. The number of hydrogen-bond donors (Lipinski definition) is 2. The molecule has 4 amide bonds. The van der Waals surface area contributed by atoms with Gasteiger partial charge in [0.25, 0.3) is 11.8 Å². The Labute approximate surface area is 206 Å². The quantitative estimate of drug-likeness (QED) is 0.426. The van der Waals surface area contributed by atoms with E-state index in [2.05, 4.69) is 20.6 Å². The van der Waals surface area contributed by atoms with E-state index in [1.165, 1.54) is 0 Å². The van der Waals surface area contributed by atoms with Crippen LogP contribution >= 0.6 is 0 Å². The number of urea groups is 1. The molecule has 1 atom stereocenters. The van der Waals surface area contributed by atoms with Gasteiger partial charge in [-0.1, -0.05) is 42.5 Å². The van der Waals surface area contributed by atoms with Crippen molar-refractivity contribution in [2.24, 2.45) is 0 Å². The summed E-state index contributed by atoms with van der Waals surface area (Å²) in [6.07, 6.45) is 1.70. The van der Waals surface area contributed by atoms with E-state index in [4.69, 9.17) is 4.74 Å². The molecule has 36 heavy (non-hydrogen) atoms. The van der Waals surface area contributed by atoms with E-state index >= 15 is 0 Å². The maximum Gasteiger partial charge on any atom is 0.322 e. The molecule has 0 saturated carbocycles. The maximum absolute atomic E-state index is 13.2. The number of amides is 4. The van der Waals surface area contributed by atoms with Crippen LogP contribution in [0.1, 0.15) is 21.5 Å². The van der Waals surface area contributed by atoms with Crippen LogP contribution in [0, 0.1) is 0 Å². The molecule has 0 bridgehead atoms. The zero-order chi connectivity index (χ0) is 24.9. The van der Waals surface area contributed by atoms with E-state index in [9.17, 15) is 14.4 Å². The normalized spacial score (nSPS) is 18.8. The van der Waals surface area contributed by atoms with Crippen LogP contribution in [0.4, 0.5) is 4.79 Å². The summed E-state index contributed by atoms with van der Waals surface area (Å²) in [6.45, 7) is 0.309. The second-order valence-electron chi connectivity index (χ2n) is 8.82. The van der Waals surface area contributed by atoms with Gasteiger partial charge in [-0.15, -0.1) is 0 Å². The molecule has 3 aromatic carbocycles. The number of fused-ring (bicyclic) bond motifs is 2. The van der Waals surface area contributed by atoms with Crippen molar-refractivity contribution in [3.63, 3.8) is 0 Å². The van der Waals surface area contributed by atoms with Crippen molar-refractivity contribution >= 4 is 28.9 Å². The lowest BCUT2D eigenvalue weighted by Crippen LogP contribution is -2.52. The standard InChI is InChI=1S/C27H21N5O4/c1-36-19-11-8-17-14-32(24(33)20(17)12-19)15-27(25(34)30-26(35)31-27)18-9-6-16(7-10-18)23-13-28-21-4-2-3-5-22(21)29-23/h2-13H,14-15H2,1H3,(H2,30,31,34,35)/t27-/m1/s1. The molecule has 0 aliphatic carbocycles. The van der Waals surface area contributed by atoms with Crippen LogP contribution in [0.15, 0.2) is 72.9 Å². The van der Waals surface area contributed by atoms with Gasteiger partial charge in [-0.25, -0.2) is 9.78 Å². The third-order valence-electron chi connectivity index (χ3n) is 6.69. The molecule has 2 N–H and O–H groups in total. The lowest BCUT2D eigenvalue weighted by molar-refractivity contribution is -0.124. The summed E-state index contributed by atoms with van der Waals surface area (Å²) in [4.78, 5) is 49.2. The Morgan fingerprint density at radius 1 is 1.00 bits per heavy atom. The number of methoxy groups -OCH3 is 1. The van der Waals surface area contributed by atoms with E-state index in [-0.39, 0.29) is 12.5 Å². The van der Waals surface area contributed by atoms with Crippen molar-refractivity contribution in [2.75, 3.05) is 13.7 Å². The highest BCUT2D eigenvalue weighted by atomic mass is 16.5. The fourth-order valence-electron chi connectivity index (χ4n) is 4.80. The van der Waals surface area contributed by atoms with Crippen molar-refractivity contribution in [3.05, 3.63) is 89.6 Å². The van der Waals surface area contributed by atoms with Gasteiger partial charge in [0.2, 0.25) is 0 Å². The fraction of sp³-hybridized carbons (Fsp3) is 0.148. The number of carbonyl (C=O) groups excluding carboxylic acids is 3. The summed E-state index contributed by atoms with van der Waals surface area (Å²) in [5.41, 5.74) is 3.58. The average Bonchev–Trinajstić information content (AvgIpc) is 3.38. The number of ether oxygens (including phenoxy) is 1. The third-order valence-corrected chi connectivity index (χ3v) is 6.69. The number of rotatable bonds is 5. The molecule has 0 spiro atoms. The molecule has 2 aliphatic heterocycles. The SMILES string of the molecule is COc1ccc2c(c1)C(=O)N(C[C@]1(c3ccc(-c4cnc5ccccc5n4)cc3)NC(=O)NC1=O)C2. The minimum absolute atomic E-state index is 0.0183.